The third-order valence-corrected chi connectivity index (χ3v) is 6.35. The Bertz CT molecular complexity index is 1480. The number of piperazine rings is 1. The summed E-state index contributed by atoms with van der Waals surface area (Å²) >= 11 is 0. The molecule has 0 aliphatic carbocycles. The molecule has 186 valence electrons. The summed E-state index contributed by atoms with van der Waals surface area (Å²) in [5.74, 6) is 1.68. The number of carbonyl (C=O) groups is 2. The van der Waals surface area contributed by atoms with Gasteiger partial charge in [0.2, 0.25) is 0 Å². The molecule has 2 aliphatic heterocycles. The van der Waals surface area contributed by atoms with Crippen molar-refractivity contribution in [2.24, 2.45) is 0 Å². The Balaban J connectivity index is 1.45. The summed E-state index contributed by atoms with van der Waals surface area (Å²) in [6.45, 7) is 1.68. The summed E-state index contributed by atoms with van der Waals surface area (Å²) in [6.07, 6.45) is 2.51. The fraction of sp³-hybridized carbons (Fsp3) is 0.192. The predicted molar refractivity (Wildman–Crippen MR) is 128 cm³/mol. The fourth-order valence-corrected chi connectivity index (χ4v) is 4.52. The van der Waals surface area contributed by atoms with E-state index in [0.29, 0.717) is 10.7 Å². The van der Waals surface area contributed by atoms with Gasteiger partial charge in [0.1, 0.15) is 35.0 Å². The highest BCUT2D eigenvalue weighted by atomic mass is 19.1. The Morgan fingerprint density at radius 1 is 1.00 bits per heavy atom. The van der Waals surface area contributed by atoms with Crippen LogP contribution in [0.1, 0.15) is 24.5 Å². The number of fused-ring (bicyclic) bond motifs is 1. The number of urea groups is 1. The first-order valence-electron chi connectivity index (χ1n) is 11.2. The summed E-state index contributed by atoms with van der Waals surface area (Å²) in [7, 11) is 0. The molecule has 0 spiro atoms. The standard InChI is InChI=1S/C26H19F3N6O2/c1-26-14-21(30)35(25(37)34(26)11-10-33(24(26)36)22-8-9-31-15-32-22)23-19(28)12-16(13-20(23)29)6-7-17-4-2-3-5-18(17)27/h2-5,8-9,12-13,15,30H,10-11,14H2,1H3/t26-/m0/s1. The van der Waals surface area contributed by atoms with E-state index in [1.807, 2.05) is 0 Å². The second kappa shape index (κ2) is 9.05. The minimum absolute atomic E-state index is 0.0598. The average Bonchev–Trinajstić information content (AvgIpc) is 2.87. The Kier molecular flexibility index (Phi) is 5.87. The van der Waals surface area contributed by atoms with Gasteiger partial charge in [-0.1, -0.05) is 24.0 Å². The van der Waals surface area contributed by atoms with Crippen molar-refractivity contribution in [3.63, 3.8) is 0 Å². The first kappa shape index (κ1) is 24.0. The summed E-state index contributed by atoms with van der Waals surface area (Å²) in [5, 5.41) is 8.47. The third kappa shape index (κ3) is 4.06. The van der Waals surface area contributed by atoms with E-state index < -0.39 is 46.5 Å². The number of benzene rings is 2. The number of anilines is 2. The maximum absolute atomic E-state index is 15.1. The summed E-state index contributed by atoms with van der Waals surface area (Å²) < 4.78 is 44.1. The number of aromatic nitrogens is 2. The van der Waals surface area contributed by atoms with Crippen molar-refractivity contribution in [3.8, 4) is 11.8 Å². The molecule has 2 fully saturated rings. The number of nitrogens with zero attached hydrogens (tertiary/aromatic N) is 5. The molecule has 11 heteroatoms. The molecule has 2 saturated heterocycles. The Morgan fingerprint density at radius 3 is 2.41 bits per heavy atom. The molecule has 2 aromatic carbocycles. The predicted octanol–water partition coefficient (Wildman–Crippen LogP) is 3.71. The highest BCUT2D eigenvalue weighted by Crippen LogP contribution is 2.37. The first-order chi connectivity index (χ1) is 17.7. The lowest BCUT2D eigenvalue weighted by Crippen LogP contribution is -2.72. The zero-order valence-electron chi connectivity index (χ0n) is 19.5. The number of hydrogen-bond acceptors (Lipinski definition) is 5. The quantitative estimate of drug-likeness (QED) is 0.539. The van der Waals surface area contributed by atoms with Gasteiger partial charge in [0.25, 0.3) is 5.91 Å². The highest BCUT2D eigenvalue weighted by Gasteiger charge is 2.55. The second-order valence-corrected chi connectivity index (χ2v) is 8.71. The van der Waals surface area contributed by atoms with Crippen molar-refractivity contribution >= 4 is 29.3 Å². The van der Waals surface area contributed by atoms with Gasteiger partial charge in [0, 0.05) is 31.3 Å². The highest BCUT2D eigenvalue weighted by molar-refractivity contribution is 6.21. The van der Waals surface area contributed by atoms with Gasteiger partial charge < -0.3 is 4.90 Å². The molecule has 3 aromatic rings. The molecule has 1 N–H and O–H groups in total. The van der Waals surface area contributed by atoms with Gasteiger partial charge in [-0.25, -0.2) is 32.8 Å². The van der Waals surface area contributed by atoms with Gasteiger partial charge in [0.15, 0.2) is 11.6 Å². The minimum Gasteiger partial charge on any atom is -0.307 e. The molecule has 0 unspecified atom stereocenters. The van der Waals surface area contributed by atoms with Crippen LogP contribution in [0.3, 0.4) is 0 Å². The van der Waals surface area contributed by atoms with Crippen LogP contribution in [0.15, 0.2) is 55.0 Å². The van der Waals surface area contributed by atoms with E-state index in [2.05, 4.69) is 21.8 Å². The smallest absolute Gasteiger partial charge is 0.307 e. The molecular weight excluding hydrogens is 485 g/mol. The fourth-order valence-electron chi connectivity index (χ4n) is 4.52. The minimum atomic E-state index is -1.44. The molecule has 0 saturated carbocycles. The third-order valence-electron chi connectivity index (χ3n) is 6.35. The Labute approximate surface area is 209 Å². The van der Waals surface area contributed by atoms with Crippen molar-refractivity contribution in [1.29, 1.82) is 5.41 Å². The molecule has 8 nitrogen and oxygen atoms in total. The molecule has 37 heavy (non-hydrogen) atoms. The largest absolute Gasteiger partial charge is 0.331 e. The number of nitrogens with one attached hydrogen (secondary N) is 1. The lowest BCUT2D eigenvalue weighted by atomic mass is 9.88. The van der Waals surface area contributed by atoms with Crippen LogP contribution in [0.25, 0.3) is 0 Å². The molecule has 3 heterocycles. The average molecular weight is 504 g/mol. The van der Waals surface area contributed by atoms with Crippen LogP contribution in [0.4, 0.5) is 29.5 Å². The van der Waals surface area contributed by atoms with Crippen LogP contribution in [0.5, 0.6) is 0 Å². The molecule has 0 radical (unpaired) electrons. The number of amides is 3. The Morgan fingerprint density at radius 2 is 1.73 bits per heavy atom. The SMILES string of the molecule is C[C@@]12CC(=N)N(c3c(F)cc(C#Cc4ccccc4F)cc3F)C(=O)N1CCN(c1ccncn1)C2=O. The van der Waals surface area contributed by atoms with Gasteiger partial charge >= 0.3 is 6.03 Å². The molecule has 0 bridgehead atoms. The van der Waals surface area contributed by atoms with E-state index in [1.165, 1.54) is 47.4 Å². The van der Waals surface area contributed by atoms with Crippen molar-refractivity contribution in [1.82, 2.24) is 14.9 Å². The van der Waals surface area contributed by atoms with Gasteiger partial charge in [-0.3, -0.25) is 15.1 Å². The van der Waals surface area contributed by atoms with Gasteiger partial charge in [-0.2, -0.15) is 0 Å². The molecule has 3 amide bonds. The summed E-state index contributed by atoms with van der Waals surface area (Å²) in [4.78, 5) is 38.0. The van der Waals surface area contributed by atoms with E-state index in [4.69, 9.17) is 5.41 Å². The molecular formula is C26H19F3N6O2. The monoisotopic (exact) mass is 504 g/mol. The van der Waals surface area contributed by atoms with E-state index in [0.717, 1.165) is 12.1 Å². The maximum Gasteiger partial charge on any atom is 0.331 e. The molecule has 2 aliphatic rings. The van der Waals surface area contributed by atoms with E-state index in [9.17, 15) is 14.0 Å². The van der Waals surface area contributed by atoms with Crippen LogP contribution in [-0.4, -0.2) is 51.3 Å². The number of carbonyl (C=O) groups excluding carboxylic acids is 2. The summed E-state index contributed by atoms with van der Waals surface area (Å²) in [6, 6.07) is 8.22. The number of halogens is 3. The van der Waals surface area contributed by atoms with Crippen LogP contribution in [-0.2, 0) is 4.79 Å². The summed E-state index contributed by atoms with van der Waals surface area (Å²) in [5.41, 5.74) is -2.19. The van der Waals surface area contributed by atoms with Crippen LogP contribution in [0, 0.1) is 34.7 Å². The van der Waals surface area contributed by atoms with Crippen LogP contribution < -0.4 is 9.80 Å². The molecule has 1 atom stereocenters. The topological polar surface area (TPSA) is 93.5 Å². The number of amidine groups is 1. The second-order valence-electron chi connectivity index (χ2n) is 8.71. The van der Waals surface area contributed by atoms with Gasteiger partial charge in [-0.15, -0.1) is 0 Å². The maximum atomic E-state index is 15.1. The van der Waals surface area contributed by atoms with E-state index in [1.54, 1.807) is 12.1 Å². The molecule has 5 rings (SSSR count). The normalized spacial score (nSPS) is 19.5. The van der Waals surface area contributed by atoms with Gasteiger partial charge in [-0.05, 0) is 37.3 Å². The van der Waals surface area contributed by atoms with Gasteiger partial charge in [0.05, 0.1) is 5.56 Å². The first-order valence-corrected chi connectivity index (χ1v) is 11.2. The van der Waals surface area contributed by atoms with Crippen LogP contribution >= 0.6 is 0 Å². The van der Waals surface area contributed by atoms with Crippen LogP contribution in [0.2, 0.25) is 0 Å². The van der Waals surface area contributed by atoms with Crippen molar-refractivity contribution in [3.05, 3.63) is 83.6 Å². The Hall–Kier alpha value is -4.72. The zero-order valence-corrected chi connectivity index (χ0v) is 19.5. The van der Waals surface area contributed by atoms with Crippen molar-refractivity contribution in [2.45, 2.75) is 18.9 Å². The lowest BCUT2D eigenvalue weighted by Gasteiger charge is -2.52. The zero-order chi connectivity index (χ0) is 26.3. The van der Waals surface area contributed by atoms with Crippen molar-refractivity contribution in [2.75, 3.05) is 22.9 Å². The number of hydrogen-bond donors (Lipinski definition) is 1. The van der Waals surface area contributed by atoms with E-state index >= 15 is 8.78 Å². The molecule has 1 aromatic heterocycles. The number of rotatable bonds is 2. The lowest BCUT2D eigenvalue weighted by molar-refractivity contribution is -0.130. The van der Waals surface area contributed by atoms with E-state index in [-0.39, 0.29) is 30.6 Å². The van der Waals surface area contributed by atoms with Crippen molar-refractivity contribution < 1.29 is 22.8 Å².